The highest BCUT2D eigenvalue weighted by molar-refractivity contribution is 6.35. The van der Waals surface area contributed by atoms with Gasteiger partial charge in [0.15, 0.2) is 0 Å². The zero-order chi connectivity index (χ0) is 15.7. The Morgan fingerprint density at radius 2 is 1.91 bits per heavy atom. The molecule has 2 aliphatic carbocycles. The van der Waals surface area contributed by atoms with Gasteiger partial charge in [-0.3, -0.25) is 9.59 Å². The van der Waals surface area contributed by atoms with Gasteiger partial charge in [0.05, 0.1) is 0 Å². The molecule has 0 aliphatic heterocycles. The number of hydrogen-bond acceptors (Lipinski definition) is 2. The largest absolute Gasteiger partial charge is 0.355 e. The van der Waals surface area contributed by atoms with Crippen molar-refractivity contribution < 1.29 is 9.59 Å². The first-order chi connectivity index (χ1) is 10.5. The lowest BCUT2D eigenvalue weighted by Crippen LogP contribution is -2.44. The van der Waals surface area contributed by atoms with E-state index < -0.39 is 5.41 Å². The Hall–Kier alpha value is -1.26. The van der Waals surface area contributed by atoms with Gasteiger partial charge in [-0.2, -0.15) is 0 Å². The summed E-state index contributed by atoms with van der Waals surface area (Å²) in [5, 5.41) is 6.97. The summed E-state index contributed by atoms with van der Waals surface area (Å²) < 4.78 is 0. The number of amides is 2. The van der Waals surface area contributed by atoms with Gasteiger partial charge in [0, 0.05) is 22.6 Å². The Morgan fingerprint density at radius 1 is 1.18 bits per heavy atom. The predicted octanol–water partition coefficient (Wildman–Crippen LogP) is 2.71. The van der Waals surface area contributed by atoms with Crippen LogP contribution >= 0.6 is 23.2 Å². The molecule has 0 radical (unpaired) electrons. The lowest BCUT2D eigenvalue weighted by molar-refractivity contribution is -0.137. The molecular formula is C16H18Cl2N2O2. The number of carbonyl (C=O) groups is 2. The Kier molecular flexibility index (Phi) is 4.33. The van der Waals surface area contributed by atoms with Crippen LogP contribution in [0.15, 0.2) is 18.2 Å². The van der Waals surface area contributed by atoms with E-state index in [2.05, 4.69) is 10.6 Å². The number of benzene rings is 1. The van der Waals surface area contributed by atoms with E-state index in [-0.39, 0.29) is 17.9 Å². The molecule has 0 aromatic heterocycles. The van der Waals surface area contributed by atoms with Gasteiger partial charge < -0.3 is 10.6 Å². The van der Waals surface area contributed by atoms with Gasteiger partial charge in [0.1, 0.15) is 5.41 Å². The lowest BCUT2D eigenvalue weighted by Gasteiger charge is -2.15. The Bertz CT molecular complexity index is 610. The summed E-state index contributed by atoms with van der Waals surface area (Å²) in [6.45, 7) is 0.457. The maximum absolute atomic E-state index is 12.3. The van der Waals surface area contributed by atoms with Gasteiger partial charge >= 0.3 is 0 Å². The molecule has 0 spiro atoms. The molecule has 6 heteroatoms. The highest BCUT2D eigenvalue weighted by atomic mass is 35.5. The van der Waals surface area contributed by atoms with Crippen LogP contribution in [0.1, 0.15) is 31.2 Å². The van der Waals surface area contributed by atoms with Crippen LogP contribution < -0.4 is 10.6 Å². The van der Waals surface area contributed by atoms with Crippen LogP contribution in [0.3, 0.4) is 0 Å². The van der Waals surface area contributed by atoms with Crippen LogP contribution in [-0.4, -0.2) is 24.4 Å². The predicted molar refractivity (Wildman–Crippen MR) is 86.0 cm³/mol. The number of rotatable bonds is 6. The molecule has 0 bridgehead atoms. The molecule has 0 unspecified atom stereocenters. The molecule has 0 atom stereocenters. The van der Waals surface area contributed by atoms with Crippen LogP contribution in [-0.2, 0) is 16.0 Å². The van der Waals surface area contributed by atoms with E-state index in [1.807, 2.05) is 6.07 Å². The average Bonchev–Trinajstić information content (AvgIpc) is 3.34. The molecule has 2 fully saturated rings. The van der Waals surface area contributed by atoms with E-state index >= 15 is 0 Å². The minimum absolute atomic E-state index is 0.114. The first kappa shape index (κ1) is 15.6. The van der Waals surface area contributed by atoms with Gasteiger partial charge in [-0.05, 0) is 49.8 Å². The standard InChI is InChI=1S/C16H18Cl2N2O2/c17-11-2-1-10(13(18)9-11)5-8-19-14(21)16(6-7-16)15(22)20-12-3-4-12/h1-2,9,12H,3-8H2,(H,19,21)(H,20,22). The van der Waals surface area contributed by atoms with Crippen LogP contribution in [0.25, 0.3) is 0 Å². The number of carbonyl (C=O) groups excluding carboxylic acids is 2. The molecule has 2 aliphatic rings. The molecule has 1 aromatic carbocycles. The Morgan fingerprint density at radius 3 is 2.50 bits per heavy atom. The van der Waals surface area contributed by atoms with Gasteiger partial charge in [0.25, 0.3) is 0 Å². The zero-order valence-electron chi connectivity index (χ0n) is 12.1. The van der Waals surface area contributed by atoms with Gasteiger partial charge in [-0.25, -0.2) is 0 Å². The first-order valence-corrected chi connectivity index (χ1v) is 8.30. The third kappa shape index (κ3) is 3.39. The monoisotopic (exact) mass is 340 g/mol. The Labute approximate surface area is 139 Å². The smallest absolute Gasteiger partial charge is 0.235 e. The van der Waals surface area contributed by atoms with Crippen LogP contribution in [0.4, 0.5) is 0 Å². The molecule has 3 rings (SSSR count). The van der Waals surface area contributed by atoms with E-state index in [1.165, 1.54) is 0 Å². The first-order valence-electron chi connectivity index (χ1n) is 7.54. The zero-order valence-corrected chi connectivity index (χ0v) is 13.6. The van der Waals surface area contributed by atoms with E-state index in [0.717, 1.165) is 18.4 Å². The van der Waals surface area contributed by atoms with Crippen molar-refractivity contribution in [1.29, 1.82) is 0 Å². The summed E-state index contributed by atoms with van der Waals surface area (Å²) in [5.74, 6) is -0.284. The van der Waals surface area contributed by atoms with Crippen LogP contribution in [0, 0.1) is 5.41 Å². The molecule has 22 heavy (non-hydrogen) atoms. The SMILES string of the molecule is O=C(NCCc1ccc(Cl)cc1Cl)C1(C(=O)NC2CC2)CC1. The fraction of sp³-hybridized carbons (Fsp3) is 0.500. The van der Waals surface area contributed by atoms with Gasteiger partial charge in [-0.1, -0.05) is 29.3 Å². The second-order valence-electron chi connectivity index (χ2n) is 6.07. The Balaban J connectivity index is 1.50. The summed E-state index contributed by atoms with van der Waals surface area (Å²) in [4.78, 5) is 24.4. The number of nitrogens with one attached hydrogen (secondary N) is 2. The summed E-state index contributed by atoms with van der Waals surface area (Å²) in [5.41, 5.74) is 0.102. The average molecular weight is 341 g/mol. The van der Waals surface area contributed by atoms with Crippen molar-refractivity contribution in [2.75, 3.05) is 6.54 Å². The van der Waals surface area contributed by atoms with Crippen LogP contribution in [0.5, 0.6) is 0 Å². The molecular weight excluding hydrogens is 323 g/mol. The summed E-state index contributed by atoms with van der Waals surface area (Å²) in [6, 6.07) is 5.59. The topological polar surface area (TPSA) is 58.2 Å². The van der Waals surface area contributed by atoms with Crippen molar-refractivity contribution in [2.24, 2.45) is 5.41 Å². The molecule has 0 heterocycles. The molecule has 2 saturated carbocycles. The van der Waals surface area contributed by atoms with Crippen LogP contribution in [0.2, 0.25) is 10.0 Å². The van der Waals surface area contributed by atoms with Gasteiger partial charge in [0.2, 0.25) is 11.8 Å². The van der Waals surface area contributed by atoms with E-state index in [9.17, 15) is 9.59 Å². The number of halogens is 2. The second-order valence-corrected chi connectivity index (χ2v) is 6.92. The third-order valence-electron chi connectivity index (χ3n) is 4.23. The minimum atomic E-state index is -0.827. The molecule has 2 N–H and O–H groups in total. The molecule has 2 amide bonds. The second kappa shape index (κ2) is 6.09. The van der Waals surface area contributed by atoms with E-state index in [1.54, 1.807) is 12.1 Å². The van der Waals surface area contributed by atoms with E-state index in [4.69, 9.17) is 23.2 Å². The van der Waals surface area contributed by atoms with Crippen molar-refractivity contribution in [1.82, 2.24) is 10.6 Å². The molecule has 0 saturated heterocycles. The minimum Gasteiger partial charge on any atom is -0.355 e. The van der Waals surface area contributed by atoms with E-state index in [0.29, 0.717) is 35.9 Å². The molecule has 1 aromatic rings. The normalized spacial score (nSPS) is 18.6. The fourth-order valence-corrected chi connectivity index (χ4v) is 2.94. The van der Waals surface area contributed by atoms with Crippen molar-refractivity contribution in [3.05, 3.63) is 33.8 Å². The quantitative estimate of drug-likeness (QED) is 0.782. The maximum Gasteiger partial charge on any atom is 0.235 e. The lowest BCUT2D eigenvalue weighted by atomic mass is 10.0. The number of hydrogen-bond donors (Lipinski definition) is 2. The third-order valence-corrected chi connectivity index (χ3v) is 4.81. The summed E-state index contributed by atoms with van der Waals surface area (Å²) in [6.07, 6.45) is 3.94. The maximum atomic E-state index is 12.3. The van der Waals surface area contributed by atoms with Gasteiger partial charge in [-0.15, -0.1) is 0 Å². The fourth-order valence-electron chi connectivity index (χ4n) is 2.44. The summed E-state index contributed by atoms with van der Waals surface area (Å²) >= 11 is 12.0. The van der Waals surface area contributed by atoms with Crippen molar-refractivity contribution >= 4 is 35.0 Å². The van der Waals surface area contributed by atoms with Crippen molar-refractivity contribution in [3.8, 4) is 0 Å². The molecule has 4 nitrogen and oxygen atoms in total. The van der Waals surface area contributed by atoms with Crippen molar-refractivity contribution in [3.63, 3.8) is 0 Å². The highest BCUT2D eigenvalue weighted by Crippen LogP contribution is 2.46. The van der Waals surface area contributed by atoms with Crippen molar-refractivity contribution in [2.45, 2.75) is 38.1 Å². The summed E-state index contributed by atoms with van der Waals surface area (Å²) in [7, 11) is 0. The highest BCUT2D eigenvalue weighted by Gasteiger charge is 2.57. The molecule has 118 valence electrons.